The van der Waals surface area contributed by atoms with E-state index in [4.69, 9.17) is 0 Å². The second-order valence-electron chi connectivity index (χ2n) is 7.90. The van der Waals surface area contributed by atoms with Crippen molar-refractivity contribution in [3.8, 4) is 0 Å². The van der Waals surface area contributed by atoms with E-state index >= 15 is 0 Å². The maximum Gasteiger partial charge on any atom is 0.243 e. The lowest BCUT2D eigenvalue weighted by atomic mass is 10.0. The number of amides is 2. The van der Waals surface area contributed by atoms with E-state index in [1.54, 1.807) is 55.2 Å². The zero-order valence-corrected chi connectivity index (χ0v) is 19.7. The largest absolute Gasteiger partial charge is 0.339 e. The quantitative estimate of drug-likeness (QED) is 0.607. The van der Waals surface area contributed by atoms with Crippen LogP contribution in [0.2, 0.25) is 0 Å². The molecule has 0 radical (unpaired) electrons. The standard InChI is InChI=1S/C23H30N4O4S/c1-5-26(6-2)32(30,31)21-11-9-20(10-12-21)27-16-19(14-22(27)28)23(29)25(4)17(3)18-8-7-13-24-15-18/h7-13,15,17,19H,5-6,14,16H2,1-4H3/t17-,19+/m0/s1. The van der Waals surface area contributed by atoms with Gasteiger partial charge in [0.1, 0.15) is 0 Å². The average Bonchev–Trinajstić information content (AvgIpc) is 3.20. The summed E-state index contributed by atoms with van der Waals surface area (Å²) in [5, 5.41) is 0. The van der Waals surface area contributed by atoms with E-state index in [2.05, 4.69) is 4.98 Å². The second kappa shape index (κ2) is 9.79. The Labute approximate surface area is 189 Å². The Morgan fingerprint density at radius 1 is 1.19 bits per heavy atom. The molecule has 172 valence electrons. The highest BCUT2D eigenvalue weighted by molar-refractivity contribution is 7.89. The number of aromatic nitrogens is 1. The lowest BCUT2D eigenvalue weighted by Crippen LogP contribution is -2.36. The number of carbonyl (C=O) groups is 2. The number of nitrogens with zero attached hydrogens (tertiary/aromatic N) is 4. The van der Waals surface area contributed by atoms with Crippen LogP contribution >= 0.6 is 0 Å². The average molecular weight is 459 g/mol. The molecule has 32 heavy (non-hydrogen) atoms. The van der Waals surface area contributed by atoms with Gasteiger partial charge in [0.15, 0.2) is 0 Å². The molecule has 0 N–H and O–H groups in total. The van der Waals surface area contributed by atoms with E-state index in [1.165, 1.54) is 16.4 Å². The zero-order valence-electron chi connectivity index (χ0n) is 18.9. The molecule has 1 saturated heterocycles. The fraction of sp³-hybridized carbons (Fsp3) is 0.435. The summed E-state index contributed by atoms with van der Waals surface area (Å²) < 4.78 is 26.7. The fourth-order valence-corrected chi connectivity index (χ4v) is 5.42. The van der Waals surface area contributed by atoms with E-state index in [9.17, 15) is 18.0 Å². The molecule has 1 aliphatic heterocycles. The van der Waals surface area contributed by atoms with Gasteiger partial charge in [-0.1, -0.05) is 19.9 Å². The normalized spacial score (nSPS) is 17.6. The van der Waals surface area contributed by atoms with E-state index in [-0.39, 0.29) is 35.7 Å². The van der Waals surface area contributed by atoms with Gasteiger partial charge in [0, 0.05) is 51.2 Å². The molecule has 9 heteroatoms. The Hall–Kier alpha value is -2.78. The van der Waals surface area contributed by atoms with E-state index in [0.717, 1.165) is 5.56 Å². The van der Waals surface area contributed by atoms with Crippen LogP contribution in [0, 0.1) is 5.92 Å². The van der Waals surface area contributed by atoms with Gasteiger partial charge in [-0.15, -0.1) is 0 Å². The molecule has 0 aliphatic carbocycles. The Morgan fingerprint density at radius 3 is 2.41 bits per heavy atom. The van der Waals surface area contributed by atoms with Crippen molar-refractivity contribution in [2.24, 2.45) is 5.92 Å². The molecule has 1 aromatic carbocycles. The van der Waals surface area contributed by atoms with Crippen LogP contribution in [0.5, 0.6) is 0 Å². The van der Waals surface area contributed by atoms with Gasteiger partial charge >= 0.3 is 0 Å². The molecule has 2 heterocycles. The summed E-state index contributed by atoms with van der Waals surface area (Å²) in [6, 6.07) is 9.87. The molecule has 0 bridgehead atoms. The van der Waals surface area contributed by atoms with Crippen LogP contribution in [0.3, 0.4) is 0 Å². The third-order valence-electron chi connectivity index (χ3n) is 6.06. The van der Waals surface area contributed by atoms with E-state index in [0.29, 0.717) is 18.8 Å². The highest BCUT2D eigenvalue weighted by atomic mass is 32.2. The molecular weight excluding hydrogens is 428 g/mol. The smallest absolute Gasteiger partial charge is 0.243 e. The molecule has 1 aliphatic rings. The van der Waals surface area contributed by atoms with Crippen LogP contribution in [-0.2, 0) is 19.6 Å². The summed E-state index contributed by atoms with van der Waals surface area (Å²) in [6.45, 7) is 6.56. The minimum atomic E-state index is -3.56. The number of carbonyl (C=O) groups excluding carboxylic acids is 2. The van der Waals surface area contributed by atoms with E-state index < -0.39 is 15.9 Å². The van der Waals surface area contributed by atoms with Crippen molar-refractivity contribution >= 4 is 27.5 Å². The van der Waals surface area contributed by atoms with Gasteiger partial charge in [-0.3, -0.25) is 14.6 Å². The van der Waals surface area contributed by atoms with Gasteiger partial charge in [-0.2, -0.15) is 4.31 Å². The van der Waals surface area contributed by atoms with Gasteiger partial charge in [-0.05, 0) is 42.8 Å². The number of benzene rings is 1. The summed E-state index contributed by atoms with van der Waals surface area (Å²) in [4.78, 5) is 33.2. The molecule has 0 unspecified atom stereocenters. The number of hydrogen-bond donors (Lipinski definition) is 0. The van der Waals surface area contributed by atoms with Gasteiger partial charge < -0.3 is 9.80 Å². The number of pyridine rings is 1. The first-order chi connectivity index (χ1) is 15.2. The predicted molar refractivity (Wildman–Crippen MR) is 122 cm³/mol. The Balaban J connectivity index is 1.72. The lowest BCUT2D eigenvalue weighted by Gasteiger charge is -2.27. The molecule has 2 amide bonds. The molecule has 2 atom stereocenters. The molecule has 0 saturated carbocycles. The highest BCUT2D eigenvalue weighted by Crippen LogP contribution is 2.29. The SMILES string of the molecule is CCN(CC)S(=O)(=O)c1ccc(N2C[C@H](C(=O)N(C)[C@@H](C)c3cccnc3)CC2=O)cc1. The van der Waals surface area contributed by atoms with Crippen molar-refractivity contribution in [3.05, 3.63) is 54.4 Å². The zero-order chi connectivity index (χ0) is 23.5. The predicted octanol–water partition coefficient (Wildman–Crippen LogP) is 2.68. The van der Waals surface area contributed by atoms with Crippen molar-refractivity contribution in [2.75, 3.05) is 31.6 Å². The van der Waals surface area contributed by atoms with Crippen LogP contribution in [0.1, 0.15) is 38.8 Å². The first-order valence-corrected chi connectivity index (χ1v) is 12.2. The lowest BCUT2D eigenvalue weighted by molar-refractivity contribution is -0.136. The summed E-state index contributed by atoms with van der Waals surface area (Å²) in [7, 11) is -1.83. The molecule has 3 rings (SSSR count). The highest BCUT2D eigenvalue weighted by Gasteiger charge is 2.37. The molecule has 1 aromatic heterocycles. The molecular formula is C23H30N4O4S. The first-order valence-electron chi connectivity index (χ1n) is 10.8. The fourth-order valence-electron chi connectivity index (χ4n) is 3.96. The van der Waals surface area contributed by atoms with Gasteiger partial charge in [0.2, 0.25) is 21.8 Å². The van der Waals surface area contributed by atoms with Crippen molar-refractivity contribution in [3.63, 3.8) is 0 Å². The number of rotatable bonds is 8. The van der Waals surface area contributed by atoms with Crippen molar-refractivity contribution < 1.29 is 18.0 Å². The third kappa shape index (κ3) is 4.68. The second-order valence-corrected chi connectivity index (χ2v) is 9.84. The Kier molecular flexibility index (Phi) is 7.30. The maximum atomic E-state index is 13.1. The van der Waals surface area contributed by atoms with Gasteiger partial charge in [0.25, 0.3) is 0 Å². The summed E-state index contributed by atoms with van der Waals surface area (Å²) in [5.41, 5.74) is 1.52. The van der Waals surface area contributed by atoms with Crippen LogP contribution in [0.15, 0.2) is 53.7 Å². The monoisotopic (exact) mass is 458 g/mol. The third-order valence-corrected chi connectivity index (χ3v) is 8.13. The van der Waals surface area contributed by atoms with Crippen LogP contribution in [-0.4, -0.2) is 61.1 Å². The molecule has 2 aromatic rings. The number of anilines is 1. The molecule has 1 fully saturated rings. The van der Waals surface area contributed by atoms with Crippen molar-refractivity contribution in [2.45, 2.75) is 38.1 Å². The summed E-state index contributed by atoms with van der Waals surface area (Å²) in [5.74, 6) is -0.700. The topological polar surface area (TPSA) is 90.9 Å². The number of sulfonamides is 1. The molecule has 0 spiro atoms. The van der Waals surface area contributed by atoms with Crippen LogP contribution in [0.4, 0.5) is 5.69 Å². The molecule has 8 nitrogen and oxygen atoms in total. The van der Waals surface area contributed by atoms with Crippen molar-refractivity contribution in [1.29, 1.82) is 0 Å². The van der Waals surface area contributed by atoms with Crippen LogP contribution in [0.25, 0.3) is 0 Å². The number of hydrogen-bond acceptors (Lipinski definition) is 5. The summed E-state index contributed by atoms with van der Waals surface area (Å²) >= 11 is 0. The Bertz CT molecular complexity index is 1050. The summed E-state index contributed by atoms with van der Waals surface area (Å²) in [6.07, 6.45) is 3.54. The van der Waals surface area contributed by atoms with E-state index in [1.807, 2.05) is 19.1 Å². The first kappa shape index (κ1) is 23.9. The van der Waals surface area contributed by atoms with Crippen molar-refractivity contribution in [1.82, 2.24) is 14.2 Å². The minimum Gasteiger partial charge on any atom is -0.339 e. The van der Waals surface area contributed by atoms with Gasteiger partial charge in [-0.25, -0.2) is 8.42 Å². The maximum absolute atomic E-state index is 13.1. The Morgan fingerprint density at radius 2 is 1.84 bits per heavy atom. The van der Waals surface area contributed by atoms with Gasteiger partial charge in [0.05, 0.1) is 16.9 Å². The van der Waals surface area contributed by atoms with Crippen LogP contribution < -0.4 is 4.90 Å². The minimum absolute atomic E-state index is 0.0991.